The van der Waals surface area contributed by atoms with Crippen LogP contribution in [0.2, 0.25) is 0 Å². The maximum atomic E-state index is 11.0. The van der Waals surface area contributed by atoms with Crippen LogP contribution in [-0.4, -0.2) is 29.4 Å². The van der Waals surface area contributed by atoms with Gasteiger partial charge in [-0.15, -0.1) is 12.4 Å². The molecule has 1 amide bonds. The van der Waals surface area contributed by atoms with Crippen molar-refractivity contribution in [1.82, 2.24) is 4.90 Å². The SMILES string of the molecule is CC(=O)Nc1ccc(CN2CCCCC2C(C)N)cc1.Cl. The molecule has 0 spiro atoms. The van der Waals surface area contributed by atoms with Crippen molar-refractivity contribution in [3.63, 3.8) is 0 Å². The monoisotopic (exact) mass is 311 g/mol. The molecule has 5 heteroatoms. The summed E-state index contributed by atoms with van der Waals surface area (Å²) in [5.74, 6) is -0.0363. The Bertz CT molecular complexity index is 447. The Morgan fingerprint density at radius 1 is 1.38 bits per heavy atom. The van der Waals surface area contributed by atoms with Gasteiger partial charge >= 0.3 is 0 Å². The summed E-state index contributed by atoms with van der Waals surface area (Å²) in [5.41, 5.74) is 8.22. The molecule has 2 rings (SSSR count). The molecule has 0 aliphatic carbocycles. The molecule has 1 aromatic carbocycles. The van der Waals surface area contributed by atoms with Gasteiger partial charge in [-0.3, -0.25) is 9.69 Å². The molecule has 1 aromatic rings. The highest BCUT2D eigenvalue weighted by atomic mass is 35.5. The fourth-order valence-corrected chi connectivity index (χ4v) is 2.94. The van der Waals surface area contributed by atoms with Gasteiger partial charge in [-0.1, -0.05) is 18.6 Å². The number of rotatable bonds is 4. The van der Waals surface area contributed by atoms with E-state index in [1.54, 1.807) is 0 Å². The summed E-state index contributed by atoms with van der Waals surface area (Å²) in [6, 6.07) is 8.78. The Labute approximate surface area is 133 Å². The first-order valence-corrected chi connectivity index (χ1v) is 7.42. The van der Waals surface area contributed by atoms with E-state index in [4.69, 9.17) is 5.73 Å². The lowest BCUT2D eigenvalue weighted by Crippen LogP contribution is -2.48. The normalized spacial score (nSPS) is 20.4. The molecule has 0 radical (unpaired) electrons. The van der Waals surface area contributed by atoms with Crippen LogP contribution in [0.5, 0.6) is 0 Å². The first-order chi connectivity index (χ1) is 9.56. The van der Waals surface area contributed by atoms with Gasteiger partial charge in [-0.25, -0.2) is 0 Å². The number of likely N-dealkylation sites (tertiary alicyclic amines) is 1. The van der Waals surface area contributed by atoms with E-state index in [0.29, 0.717) is 6.04 Å². The zero-order valence-corrected chi connectivity index (χ0v) is 13.7. The van der Waals surface area contributed by atoms with Crippen molar-refractivity contribution in [1.29, 1.82) is 0 Å². The number of amides is 1. The number of nitrogens with two attached hydrogens (primary N) is 1. The smallest absolute Gasteiger partial charge is 0.221 e. The van der Waals surface area contributed by atoms with Crippen LogP contribution >= 0.6 is 12.4 Å². The minimum absolute atomic E-state index is 0. The summed E-state index contributed by atoms with van der Waals surface area (Å²) in [6.45, 7) is 5.68. The quantitative estimate of drug-likeness (QED) is 0.899. The van der Waals surface area contributed by atoms with Crippen LogP contribution in [0, 0.1) is 0 Å². The van der Waals surface area contributed by atoms with Crippen LogP contribution in [0.3, 0.4) is 0 Å². The van der Waals surface area contributed by atoms with E-state index in [1.165, 1.54) is 31.7 Å². The Balaban J connectivity index is 0.00000220. The third-order valence-electron chi connectivity index (χ3n) is 3.93. The van der Waals surface area contributed by atoms with E-state index >= 15 is 0 Å². The number of nitrogens with zero attached hydrogens (tertiary/aromatic N) is 1. The molecule has 3 N–H and O–H groups in total. The molecule has 1 aliphatic rings. The second-order valence-electron chi connectivity index (χ2n) is 5.77. The number of benzene rings is 1. The van der Waals surface area contributed by atoms with Crippen LogP contribution in [0.1, 0.15) is 38.7 Å². The van der Waals surface area contributed by atoms with Crippen LogP contribution in [0.4, 0.5) is 5.69 Å². The number of anilines is 1. The molecule has 21 heavy (non-hydrogen) atoms. The van der Waals surface area contributed by atoms with Crippen molar-refractivity contribution >= 4 is 24.0 Å². The van der Waals surface area contributed by atoms with Gasteiger partial charge in [-0.05, 0) is 44.0 Å². The number of hydrogen-bond donors (Lipinski definition) is 2. The molecular weight excluding hydrogens is 286 g/mol. The van der Waals surface area contributed by atoms with Gasteiger partial charge in [0, 0.05) is 31.2 Å². The fraction of sp³-hybridized carbons (Fsp3) is 0.562. The Kier molecular flexibility index (Phi) is 7.15. The summed E-state index contributed by atoms with van der Waals surface area (Å²) in [6.07, 6.45) is 3.74. The topological polar surface area (TPSA) is 58.4 Å². The molecule has 2 atom stereocenters. The van der Waals surface area contributed by atoms with Gasteiger partial charge in [0.2, 0.25) is 5.91 Å². The van der Waals surface area contributed by atoms with Crippen molar-refractivity contribution in [3.8, 4) is 0 Å². The molecule has 0 aromatic heterocycles. The van der Waals surface area contributed by atoms with E-state index in [9.17, 15) is 4.79 Å². The standard InChI is InChI=1S/C16H25N3O.ClH/c1-12(17)16-5-3-4-10-19(16)11-14-6-8-15(9-7-14)18-13(2)20;/h6-9,12,16H,3-5,10-11,17H2,1-2H3,(H,18,20);1H. The highest BCUT2D eigenvalue weighted by molar-refractivity contribution is 5.88. The van der Waals surface area contributed by atoms with E-state index in [-0.39, 0.29) is 24.4 Å². The number of nitrogens with one attached hydrogen (secondary N) is 1. The van der Waals surface area contributed by atoms with E-state index < -0.39 is 0 Å². The lowest BCUT2D eigenvalue weighted by molar-refractivity contribution is -0.114. The van der Waals surface area contributed by atoms with Crippen molar-refractivity contribution < 1.29 is 4.79 Å². The Morgan fingerprint density at radius 2 is 2.05 bits per heavy atom. The first kappa shape index (κ1) is 18.0. The summed E-state index contributed by atoms with van der Waals surface area (Å²) < 4.78 is 0. The summed E-state index contributed by atoms with van der Waals surface area (Å²) >= 11 is 0. The van der Waals surface area contributed by atoms with Crippen molar-refractivity contribution in [3.05, 3.63) is 29.8 Å². The second kappa shape index (κ2) is 8.37. The first-order valence-electron chi connectivity index (χ1n) is 7.42. The third kappa shape index (κ3) is 5.30. The summed E-state index contributed by atoms with van der Waals surface area (Å²) in [4.78, 5) is 13.5. The molecule has 0 bridgehead atoms. The van der Waals surface area contributed by atoms with Crippen LogP contribution in [0.25, 0.3) is 0 Å². The summed E-state index contributed by atoms with van der Waals surface area (Å²) in [5, 5.41) is 2.79. The molecule has 1 heterocycles. The molecule has 118 valence electrons. The minimum Gasteiger partial charge on any atom is -0.327 e. The fourth-order valence-electron chi connectivity index (χ4n) is 2.94. The average Bonchev–Trinajstić information content (AvgIpc) is 2.41. The second-order valence-corrected chi connectivity index (χ2v) is 5.77. The van der Waals surface area contributed by atoms with Gasteiger partial charge < -0.3 is 11.1 Å². The largest absolute Gasteiger partial charge is 0.327 e. The number of piperidine rings is 1. The summed E-state index contributed by atoms with van der Waals surface area (Å²) in [7, 11) is 0. The van der Waals surface area contributed by atoms with Crippen molar-refractivity contribution in [2.75, 3.05) is 11.9 Å². The number of carbonyl (C=O) groups is 1. The zero-order valence-electron chi connectivity index (χ0n) is 12.8. The molecule has 0 saturated carbocycles. The van der Waals surface area contributed by atoms with Crippen LogP contribution < -0.4 is 11.1 Å². The molecular formula is C16H26ClN3O. The minimum atomic E-state index is -0.0363. The highest BCUT2D eigenvalue weighted by Crippen LogP contribution is 2.22. The maximum Gasteiger partial charge on any atom is 0.221 e. The van der Waals surface area contributed by atoms with E-state index in [1.807, 2.05) is 12.1 Å². The average molecular weight is 312 g/mol. The number of carbonyl (C=O) groups excluding carboxylic acids is 1. The zero-order chi connectivity index (χ0) is 14.5. The molecule has 2 unspecified atom stereocenters. The van der Waals surface area contributed by atoms with Gasteiger partial charge in [0.1, 0.15) is 0 Å². The molecule has 1 saturated heterocycles. The van der Waals surface area contributed by atoms with Gasteiger partial charge in [-0.2, -0.15) is 0 Å². The lowest BCUT2D eigenvalue weighted by Gasteiger charge is -2.38. The van der Waals surface area contributed by atoms with E-state index in [2.05, 4.69) is 29.3 Å². The van der Waals surface area contributed by atoms with Gasteiger partial charge in [0.25, 0.3) is 0 Å². The Morgan fingerprint density at radius 3 is 2.62 bits per heavy atom. The predicted octanol–water partition coefficient (Wildman–Crippen LogP) is 2.77. The lowest BCUT2D eigenvalue weighted by atomic mass is 9.96. The molecule has 1 aliphatic heterocycles. The van der Waals surface area contributed by atoms with Crippen LogP contribution in [0.15, 0.2) is 24.3 Å². The van der Waals surface area contributed by atoms with Crippen LogP contribution in [-0.2, 0) is 11.3 Å². The molecule has 4 nitrogen and oxygen atoms in total. The van der Waals surface area contributed by atoms with Gasteiger partial charge in [0.05, 0.1) is 0 Å². The van der Waals surface area contributed by atoms with E-state index in [0.717, 1.165) is 18.8 Å². The molecule has 1 fully saturated rings. The highest BCUT2D eigenvalue weighted by Gasteiger charge is 2.25. The van der Waals surface area contributed by atoms with Crippen molar-refractivity contribution in [2.45, 2.75) is 51.7 Å². The third-order valence-corrected chi connectivity index (χ3v) is 3.93. The maximum absolute atomic E-state index is 11.0. The Hall–Kier alpha value is -1.10. The van der Waals surface area contributed by atoms with Crippen molar-refractivity contribution in [2.24, 2.45) is 5.73 Å². The number of hydrogen-bond acceptors (Lipinski definition) is 3. The van der Waals surface area contributed by atoms with Gasteiger partial charge in [0.15, 0.2) is 0 Å². The predicted molar refractivity (Wildman–Crippen MR) is 89.7 cm³/mol. The number of halogens is 1.